The van der Waals surface area contributed by atoms with Crippen LogP contribution in [0.15, 0.2) is 47.0 Å². The minimum Gasteiger partial charge on any atom is -0.398 e. The lowest BCUT2D eigenvalue weighted by Crippen LogP contribution is -1.92. The zero-order chi connectivity index (χ0) is 14.8. The molecule has 0 saturated carbocycles. The fourth-order valence-corrected chi connectivity index (χ4v) is 2.28. The highest BCUT2D eigenvalue weighted by molar-refractivity contribution is 6.42. The zero-order valence-electron chi connectivity index (χ0n) is 10.9. The second kappa shape index (κ2) is 5.76. The van der Waals surface area contributed by atoms with Crippen molar-refractivity contribution in [1.82, 2.24) is 10.1 Å². The van der Waals surface area contributed by atoms with Crippen molar-refractivity contribution in [2.24, 2.45) is 0 Å². The van der Waals surface area contributed by atoms with E-state index in [0.717, 1.165) is 11.1 Å². The van der Waals surface area contributed by atoms with Crippen LogP contribution in [0.5, 0.6) is 0 Å². The molecule has 0 fully saturated rings. The Hall–Kier alpha value is -2.04. The Morgan fingerprint density at radius 3 is 2.62 bits per heavy atom. The maximum Gasteiger partial charge on any atom is 0.260 e. The van der Waals surface area contributed by atoms with Gasteiger partial charge in [0.15, 0.2) is 5.82 Å². The van der Waals surface area contributed by atoms with E-state index in [1.165, 1.54) is 0 Å². The number of halogens is 2. The van der Waals surface area contributed by atoms with Gasteiger partial charge in [-0.2, -0.15) is 4.98 Å². The van der Waals surface area contributed by atoms with Crippen molar-refractivity contribution < 1.29 is 4.52 Å². The van der Waals surface area contributed by atoms with Crippen LogP contribution in [0.4, 0.5) is 5.69 Å². The molecule has 0 bridgehead atoms. The van der Waals surface area contributed by atoms with E-state index < -0.39 is 0 Å². The van der Waals surface area contributed by atoms with E-state index in [1.54, 1.807) is 18.2 Å². The van der Waals surface area contributed by atoms with Gasteiger partial charge in [0.2, 0.25) is 0 Å². The summed E-state index contributed by atoms with van der Waals surface area (Å²) in [4.78, 5) is 4.35. The lowest BCUT2D eigenvalue weighted by molar-refractivity contribution is 0.424. The highest BCUT2D eigenvalue weighted by Gasteiger charge is 2.12. The summed E-state index contributed by atoms with van der Waals surface area (Å²) in [5.41, 5.74) is 8.17. The number of nitrogens with two attached hydrogens (primary N) is 1. The molecule has 2 N–H and O–H groups in total. The molecule has 0 aliphatic carbocycles. The molecule has 1 aromatic heterocycles. The van der Waals surface area contributed by atoms with Gasteiger partial charge in [-0.3, -0.25) is 0 Å². The third kappa shape index (κ3) is 3.01. The molecule has 4 nitrogen and oxygen atoms in total. The van der Waals surface area contributed by atoms with E-state index in [0.29, 0.717) is 33.9 Å². The molecule has 0 spiro atoms. The molecule has 0 unspecified atom stereocenters. The predicted octanol–water partition coefficient (Wildman–Crippen LogP) is 4.22. The fraction of sp³-hybridized carbons (Fsp3) is 0.0667. The summed E-state index contributed by atoms with van der Waals surface area (Å²) in [5, 5.41) is 4.99. The van der Waals surface area contributed by atoms with E-state index in [1.807, 2.05) is 24.3 Å². The Balaban J connectivity index is 1.85. The fourth-order valence-electron chi connectivity index (χ4n) is 1.96. The molecule has 0 aliphatic rings. The number of nitrogen functional groups attached to an aromatic ring is 1. The molecule has 0 atom stereocenters. The molecule has 21 heavy (non-hydrogen) atoms. The van der Waals surface area contributed by atoms with Gasteiger partial charge in [0, 0.05) is 12.1 Å². The Morgan fingerprint density at radius 1 is 1.05 bits per heavy atom. The molecule has 6 heteroatoms. The van der Waals surface area contributed by atoms with Crippen molar-refractivity contribution >= 4 is 28.9 Å². The molecule has 0 saturated heterocycles. The number of anilines is 1. The van der Waals surface area contributed by atoms with Gasteiger partial charge in [0.25, 0.3) is 5.89 Å². The molecule has 3 rings (SSSR count). The van der Waals surface area contributed by atoms with Crippen molar-refractivity contribution in [3.63, 3.8) is 0 Å². The van der Waals surface area contributed by atoms with Gasteiger partial charge < -0.3 is 10.3 Å². The van der Waals surface area contributed by atoms with Crippen LogP contribution in [0.2, 0.25) is 10.0 Å². The first-order chi connectivity index (χ1) is 10.1. The van der Waals surface area contributed by atoms with Crippen LogP contribution in [-0.2, 0) is 6.42 Å². The van der Waals surface area contributed by atoms with E-state index in [4.69, 9.17) is 33.5 Å². The van der Waals surface area contributed by atoms with E-state index >= 15 is 0 Å². The van der Waals surface area contributed by atoms with Crippen molar-refractivity contribution in [1.29, 1.82) is 0 Å². The topological polar surface area (TPSA) is 64.9 Å². The first-order valence-corrected chi connectivity index (χ1v) is 7.00. The normalized spacial score (nSPS) is 10.8. The number of nitrogens with zero attached hydrogens (tertiary/aromatic N) is 2. The van der Waals surface area contributed by atoms with Gasteiger partial charge in [-0.1, -0.05) is 46.6 Å². The van der Waals surface area contributed by atoms with Crippen molar-refractivity contribution in [3.05, 3.63) is 63.9 Å². The molecule has 2 aromatic carbocycles. The van der Waals surface area contributed by atoms with Gasteiger partial charge in [-0.05, 0) is 29.8 Å². The second-order valence-corrected chi connectivity index (χ2v) is 5.34. The van der Waals surface area contributed by atoms with Crippen LogP contribution in [0.25, 0.3) is 11.5 Å². The number of rotatable bonds is 3. The first kappa shape index (κ1) is 13.9. The Bertz CT molecular complexity index is 786. The Labute approximate surface area is 131 Å². The lowest BCUT2D eigenvalue weighted by atomic mass is 10.1. The van der Waals surface area contributed by atoms with Gasteiger partial charge >= 0.3 is 0 Å². The number of hydrogen-bond donors (Lipinski definition) is 1. The second-order valence-electron chi connectivity index (χ2n) is 4.53. The highest BCUT2D eigenvalue weighted by Crippen LogP contribution is 2.26. The number of hydrogen-bond acceptors (Lipinski definition) is 4. The molecule has 1 heterocycles. The molecular formula is C15H11Cl2N3O. The van der Waals surface area contributed by atoms with Crippen LogP contribution in [0.3, 0.4) is 0 Å². The monoisotopic (exact) mass is 319 g/mol. The number of aromatic nitrogens is 2. The van der Waals surface area contributed by atoms with Gasteiger partial charge in [-0.25, -0.2) is 0 Å². The summed E-state index contributed by atoms with van der Waals surface area (Å²) in [7, 11) is 0. The lowest BCUT2D eigenvalue weighted by Gasteiger charge is -2.00. The Morgan fingerprint density at radius 2 is 1.86 bits per heavy atom. The molecular weight excluding hydrogens is 309 g/mol. The van der Waals surface area contributed by atoms with E-state index in [2.05, 4.69) is 10.1 Å². The van der Waals surface area contributed by atoms with E-state index in [-0.39, 0.29) is 0 Å². The zero-order valence-corrected chi connectivity index (χ0v) is 12.4. The maximum atomic E-state index is 5.99. The molecule has 106 valence electrons. The van der Waals surface area contributed by atoms with Crippen molar-refractivity contribution in [2.45, 2.75) is 6.42 Å². The molecule has 0 amide bonds. The van der Waals surface area contributed by atoms with Crippen LogP contribution < -0.4 is 5.73 Å². The van der Waals surface area contributed by atoms with Crippen LogP contribution >= 0.6 is 23.2 Å². The molecule has 3 aromatic rings. The van der Waals surface area contributed by atoms with Gasteiger partial charge in [0.1, 0.15) is 0 Å². The minimum absolute atomic E-state index is 0.406. The number of para-hydroxylation sites is 1. The summed E-state index contributed by atoms with van der Waals surface area (Å²) in [5.74, 6) is 0.967. The third-order valence-corrected chi connectivity index (χ3v) is 3.74. The van der Waals surface area contributed by atoms with Crippen molar-refractivity contribution in [3.8, 4) is 11.5 Å². The summed E-state index contributed by atoms with van der Waals surface area (Å²) in [6.45, 7) is 0. The minimum atomic E-state index is 0.406. The van der Waals surface area contributed by atoms with Crippen LogP contribution in [0.1, 0.15) is 11.4 Å². The van der Waals surface area contributed by atoms with Crippen molar-refractivity contribution in [2.75, 3.05) is 5.73 Å². The average molecular weight is 320 g/mol. The quantitative estimate of drug-likeness (QED) is 0.734. The summed E-state index contributed by atoms with van der Waals surface area (Å²) in [6, 6.07) is 12.8. The standard InChI is InChI=1S/C15H11Cl2N3O/c16-11-6-5-9(7-12(11)17)8-14-19-15(21-20-14)10-3-1-2-4-13(10)18/h1-7H,8,18H2. The smallest absolute Gasteiger partial charge is 0.260 e. The number of benzene rings is 2. The van der Waals surface area contributed by atoms with Crippen LogP contribution in [0, 0.1) is 0 Å². The summed E-state index contributed by atoms with van der Waals surface area (Å²) >= 11 is 11.9. The molecule has 0 radical (unpaired) electrons. The summed E-state index contributed by atoms with van der Waals surface area (Å²) < 4.78 is 5.26. The van der Waals surface area contributed by atoms with Gasteiger partial charge in [0.05, 0.1) is 15.6 Å². The van der Waals surface area contributed by atoms with Gasteiger partial charge in [-0.15, -0.1) is 0 Å². The maximum absolute atomic E-state index is 5.99. The predicted molar refractivity (Wildman–Crippen MR) is 83.4 cm³/mol. The highest BCUT2D eigenvalue weighted by atomic mass is 35.5. The molecule has 0 aliphatic heterocycles. The first-order valence-electron chi connectivity index (χ1n) is 6.25. The Kier molecular flexibility index (Phi) is 3.82. The third-order valence-electron chi connectivity index (χ3n) is 3.01. The largest absolute Gasteiger partial charge is 0.398 e. The van der Waals surface area contributed by atoms with Crippen LogP contribution in [-0.4, -0.2) is 10.1 Å². The SMILES string of the molecule is Nc1ccccc1-c1nc(Cc2ccc(Cl)c(Cl)c2)no1. The van der Waals surface area contributed by atoms with E-state index in [9.17, 15) is 0 Å². The average Bonchev–Trinajstić information content (AvgIpc) is 2.92. The summed E-state index contributed by atoms with van der Waals surface area (Å²) in [6.07, 6.45) is 0.507.